The fraction of sp³-hybridized carbons (Fsp3) is 0.800. The lowest BCUT2D eigenvalue weighted by Crippen LogP contribution is -2.56. The van der Waals surface area contributed by atoms with Gasteiger partial charge in [0.25, 0.3) is 0 Å². The summed E-state index contributed by atoms with van der Waals surface area (Å²) >= 11 is 0. The molecule has 0 aromatic carbocycles. The van der Waals surface area contributed by atoms with Crippen LogP contribution in [-0.4, -0.2) is 66.3 Å². The molecule has 0 bridgehead atoms. The normalized spacial score (nSPS) is 19.6. The van der Waals surface area contributed by atoms with E-state index in [1.165, 1.54) is 0 Å². The van der Waals surface area contributed by atoms with Crippen LogP contribution in [0.25, 0.3) is 0 Å². The van der Waals surface area contributed by atoms with Gasteiger partial charge in [-0.25, -0.2) is 14.6 Å². The van der Waals surface area contributed by atoms with E-state index in [9.17, 15) is 9.59 Å². The van der Waals surface area contributed by atoms with Gasteiger partial charge in [0.15, 0.2) is 0 Å². The highest BCUT2D eigenvalue weighted by atomic mass is 16.4. The molecule has 1 aliphatic heterocycles. The van der Waals surface area contributed by atoms with Crippen molar-refractivity contribution < 1.29 is 14.7 Å². The quantitative estimate of drug-likeness (QED) is 0.609. The number of likely N-dealkylation sites (N-methyl/N-ethyl adjacent to an activating group) is 1. The van der Waals surface area contributed by atoms with Crippen LogP contribution in [0.4, 0.5) is 4.79 Å². The summed E-state index contributed by atoms with van der Waals surface area (Å²) < 4.78 is 0. The maximum Gasteiger partial charge on any atom is 0.330 e. The van der Waals surface area contributed by atoms with E-state index in [0.717, 1.165) is 26.2 Å². The number of amides is 2. The summed E-state index contributed by atoms with van der Waals surface area (Å²) in [4.78, 5) is 24.4. The highest BCUT2D eigenvalue weighted by molar-refractivity contribution is 5.82. The Balaban J connectivity index is 2.31. The van der Waals surface area contributed by atoms with Gasteiger partial charge in [-0.05, 0) is 13.5 Å². The molecule has 0 spiro atoms. The van der Waals surface area contributed by atoms with Crippen LogP contribution in [0.1, 0.15) is 13.3 Å². The van der Waals surface area contributed by atoms with E-state index in [-0.39, 0.29) is 0 Å². The van der Waals surface area contributed by atoms with Gasteiger partial charge in [-0.3, -0.25) is 5.43 Å². The molecule has 98 valence electrons. The van der Waals surface area contributed by atoms with Crippen molar-refractivity contribution in [3.63, 3.8) is 0 Å². The van der Waals surface area contributed by atoms with Crippen LogP contribution < -0.4 is 10.7 Å². The Hall–Kier alpha value is -1.34. The van der Waals surface area contributed by atoms with Gasteiger partial charge in [-0.2, -0.15) is 0 Å². The predicted molar refractivity (Wildman–Crippen MR) is 62.5 cm³/mol. The summed E-state index contributed by atoms with van der Waals surface area (Å²) in [5.74, 6) is -1.01. The summed E-state index contributed by atoms with van der Waals surface area (Å²) in [6.45, 7) is 4.98. The zero-order valence-corrected chi connectivity index (χ0v) is 10.3. The number of nitrogens with zero attached hydrogens (tertiary/aromatic N) is 2. The minimum Gasteiger partial charge on any atom is -0.480 e. The van der Waals surface area contributed by atoms with Gasteiger partial charge in [0.1, 0.15) is 6.04 Å². The van der Waals surface area contributed by atoms with Gasteiger partial charge in [0.05, 0.1) is 0 Å². The SMILES string of the molecule is CC[C@H](NC(=O)NN1CCN(C)CC1)C(=O)O. The Kier molecular flexibility index (Phi) is 5.17. The number of hydrogen-bond donors (Lipinski definition) is 3. The lowest BCUT2D eigenvalue weighted by molar-refractivity contribution is -0.139. The van der Waals surface area contributed by atoms with Crippen LogP contribution in [-0.2, 0) is 4.79 Å². The summed E-state index contributed by atoms with van der Waals surface area (Å²) in [7, 11) is 2.02. The number of carboxylic acid groups (broad SMARTS) is 1. The number of rotatable bonds is 4. The second-order valence-electron chi connectivity index (χ2n) is 4.17. The summed E-state index contributed by atoms with van der Waals surface area (Å²) in [5.41, 5.74) is 2.65. The van der Waals surface area contributed by atoms with Gasteiger partial charge < -0.3 is 15.3 Å². The topological polar surface area (TPSA) is 84.9 Å². The van der Waals surface area contributed by atoms with Crippen molar-refractivity contribution in [3.05, 3.63) is 0 Å². The van der Waals surface area contributed by atoms with E-state index in [0.29, 0.717) is 6.42 Å². The molecule has 7 nitrogen and oxygen atoms in total. The first-order valence-corrected chi connectivity index (χ1v) is 5.76. The second kappa shape index (κ2) is 6.41. The molecule has 0 saturated carbocycles. The summed E-state index contributed by atoms with van der Waals surface area (Å²) in [6, 6.07) is -1.29. The third-order valence-corrected chi connectivity index (χ3v) is 2.77. The Morgan fingerprint density at radius 3 is 2.35 bits per heavy atom. The van der Waals surface area contributed by atoms with Crippen molar-refractivity contribution in [2.45, 2.75) is 19.4 Å². The fourth-order valence-corrected chi connectivity index (χ4v) is 1.59. The first-order chi connectivity index (χ1) is 8.02. The maximum atomic E-state index is 11.5. The fourth-order valence-electron chi connectivity index (χ4n) is 1.59. The van der Waals surface area contributed by atoms with Crippen LogP contribution in [0.15, 0.2) is 0 Å². The summed E-state index contributed by atoms with van der Waals surface area (Å²) in [6.07, 6.45) is 0.367. The number of nitrogens with one attached hydrogen (secondary N) is 2. The van der Waals surface area contributed by atoms with Crippen molar-refractivity contribution in [2.24, 2.45) is 0 Å². The van der Waals surface area contributed by atoms with Crippen molar-refractivity contribution in [2.75, 3.05) is 33.2 Å². The van der Waals surface area contributed by atoms with Crippen molar-refractivity contribution >= 4 is 12.0 Å². The Morgan fingerprint density at radius 1 is 1.29 bits per heavy atom. The number of hydrazine groups is 1. The Morgan fingerprint density at radius 2 is 1.88 bits per heavy atom. The minimum absolute atomic E-state index is 0.367. The van der Waals surface area contributed by atoms with E-state index < -0.39 is 18.0 Å². The zero-order chi connectivity index (χ0) is 12.8. The molecule has 0 aliphatic carbocycles. The number of carbonyl (C=O) groups excluding carboxylic acids is 1. The molecule has 1 rings (SSSR count). The van der Waals surface area contributed by atoms with Crippen LogP contribution >= 0.6 is 0 Å². The molecule has 0 aromatic heterocycles. The van der Waals surface area contributed by atoms with Crippen molar-refractivity contribution in [3.8, 4) is 0 Å². The molecular formula is C10H20N4O3. The molecule has 1 atom stereocenters. The monoisotopic (exact) mass is 244 g/mol. The zero-order valence-electron chi connectivity index (χ0n) is 10.3. The lowest BCUT2D eigenvalue weighted by Gasteiger charge is -2.32. The minimum atomic E-state index is -1.01. The standard InChI is InChI=1S/C10H20N4O3/c1-3-8(9(15)16)11-10(17)12-14-6-4-13(2)5-7-14/h8H,3-7H2,1-2H3,(H,15,16)(H2,11,12,17)/t8-/m0/s1. The average Bonchev–Trinajstić information content (AvgIpc) is 2.28. The predicted octanol–water partition coefficient (Wildman–Crippen LogP) is -0.689. The van der Waals surface area contributed by atoms with Crippen molar-refractivity contribution in [1.82, 2.24) is 20.7 Å². The molecule has 1 fully saturated rings. The molecule has 1 saturated heterocycles. The first-order valence-electron chi connectivity index (χ1n) is 5.76. The molecule has 0 aromatic rings. The molecule has 0 unspecified atom stereocenters. The number of piperazine rings is 1. The molecule has 3 N–H and O–H groups in total. The number of carboxylic acids is 1. The van der Waals surface area contributed by atoms with E-state index >= 15 is 0 Å². The van der Waals surface area contributed by atoms with Crippen LogP contribution in [0.2, 0.25) is 0 Å². The molecule has 0 radical (unpaired) electrons. The number of urea groups is 1. The maximum absolute atomic E-state index is 11.5. The Bertz CT molecular complexity index is 277. The smallest absolute Gasteiger partial charge is 0.330 e. The number of carbonyl (C=O) groups is 2. The van der Waals surface area contributed by atoms with Gasteiger partial charge in [-0.15, -0.1) is 0 Å². The highest BCUT2D eigenvalue weighted by Crippen LogP contribution is 1.96. The lowest BCUT2D eigenvalue weighted by atomic mass is 10.2. The molecule has 1 aliphatic rings. The third kappa shape index (κ3) is 4.58. The Labute approximate surface area is 101 Å². The van der Waals surface area contributed by atoms with E-state index in [2.05, 4.69) is 15.6 Å². The highest BCUT2D eigenvalue weighted by Gasteiger charge is 2.20. The third-order valence-electron chi connectivity index (χ3n) is 2.77. The van der Waals surface area contributed by atoms with E-state index in [1.54, 1.807) is 11.9 Å². The molecular weight excluding hydrogens is 224 g/mol. The summed E-state index contributed by atoms with van der Waals surface area (Å²) in [5, 5.41) is 13.0. The van der Waals surface area contributed by atoms with Crippen LogP contribution in [0, 0.1) is 0 Å². The average molecular weight is 244 g/mol. The van der Waals surface area contributed by atoms with Crippen LogP contribution in [0.5, 0.6) is 0 Å². The van der Waals surface area contributed by atoms with Crippen LogP contribution in [0.3, 0.4) is 0 Å². The van der Waals surface area contributed by atoms with E-state index in [4.69, 9.17) is 5.11 Å². The van der Waals surface area contributed by atoms with Gasteiger partial charge in [0.2, 0.25) is 0 Å². The second-order valence-corrected chi connectivity index (χ2v) is 4.17. The number of hydrogen-bond acceptors (Lipinski definition) is 4. The molecule has 17 heavy (non-hydrogen) atoms. The largest absolute Gasteiger partial charge is 0.480 e. The van der Waals surface area contributed by atoms with Gasteiger partial charge >= 0.3 is 12.0 Å². The van der Waals surface area contributed by atoms with Gasteiger partial charge in [0, 0.05) is 26.2 Å². The van der Waals surface area contributed by atoms with E-state index in [1.807, 2.05) is 7.05 Å². The molecule has 7 heteroatoms. The number of aliphatic carboxylic acids is 1. The van der Waals surface area contributed by atoms with Crippen molar-refractivity contribution in [1.29, 1.82) is 0 Å². The van der Waals surface area contributed by atoms with Gasteiger partial charge in [-0.1, -0.05) is 6.92 Å². The first kappa shape index (κ1) is 13.7. The molecule has 1 heterocycles. The molecule has 2 amide bonds.